The van der Waals surface area contributed by atoms with Crippen LogP contribution in [0.3, 0.4) is 0 Å². The van der Waals surface area contributed by atoms with Gasteiger partial charge in [-0.15, -0.1) is 0 Å². The van der Waals surface area contributed by atoms with Crippen molar-refractivity contribution >= 4 is 31.8 Å². The summed E-state index contributed by atoms with van der Waals surface area (Å²) in [6, 6.07) is 7.44. The van der Waals surface area contributed by atoms with Crippen molar-refractivity contribution in [2.24, 2.45) is 0 Å². The second-order valence-corrected chi connectivity index (χ2v) is 9.00. The van der Waals surface area contributed by atoms with Crippen molar-refractivity contribution in [3.05, 3.63) is 34.3 Å². The number of halogens is 1. The molecule has 0 saturated carbocycles. The van der Waals surface area contributed by atoms with Crippen LogP contribution >= 0.6 is 15.9 Å². The van der Waals surface area contributed by atoms with Crippen LogP contribution in [0.4, 0.5) is 4.79 Å². The number of benzene rings is 1. The maximum absolute atomic E-state index is 12.4. The first-order valence-electron chi connectivity index (χ1n) is 7.89. The molecule has 0 bridgehead atoms. The third-order valence-corrected chi connectivity index (χ3v) is 6.33. The molecular formula is C16H23BrN2O4S. The highest BCUT2D eigenvalue weighted by Gasteiger charge is 2.34. The fourth-order valence-corrected chi connectivity index (χ4v) is 4.72. The molecule has 2 rings (SSSR count). The van der Waals surface area contributed by atoms with E-state index in [4.69, 9.17) is 4.74 Å². The van der Waals surface area contributed by atoms with Crippen LogP contribution in [-0.4, -0.2) is 63.7 Å². The molecule has 1 heterocycles. The van der Waals surface area contributed by atoms with Crippen LogP contribution in [0.1, 0.15) is 12.0 Å². The third kappa shape index (κ3) is 5.75. The highest BCUT2D eigenvalue weighted by Crippen LogP contribution is 2.18. The summed E-state index contributed by atoms with van der Waals surface area (Å²) < 4.78 is 29.4. The Morgan fingerprint density at radius 2 is 2.08 bits per heavy atom. The van der Waals surface area contributed by atoms with Crippen LogP contribution in [0, 0.1) is 0 Å². The zero-order valence-corrected chi connectivity index (χ0v) is 16.1. The number of carbonyl (C=O) groups is 1. The van der Waals surface area contributed by atoms with E-state index in [9.17, 15) is 13.2 Å². The Hall–Kier alpha value is -1.12. The lowest BCUT2D eigenvalue weighted by molar-refractivity contribution is 0.134. The average Bonchev–Trinajstić information content (AvgIpc) is 2.89. The van der Waals surface area contributed by atoms with Crippen molar-refractivity contribution in [2.45, 2.75) is 18.9 Å². The molecule has 1 aliphatic heterocycles. The molecule has 8 heteroatoms. The average molecular weight is 419 g/mol. The Kier molecular flexibility index (Phi) is 7.06. The van der Waals surface area contributed by atoms with Gasteiger partial charge in [-0.25, -0.2) is 13.2 Å². The van der Waals surface area contributed by atoms with Crippen molar-refractivity contribution in [1.29, 1.82) is 0 Å². The van der Waals surface area contributed by atoms with Crippen molar-refractivity contribution in [3.8, 4) is 0 Å². The van der Waals surface area contributed by atoms with Gasteiger partial charge in [-0.1, -0.05) is 28.1 Å². The van der Waals surface area contributed by atoms with Gasteiger partial charge >= 0.3 is 6.03 Å². The minimum absolute atomic E-state index is 0.0385. The smallest absolute Gasteiger partial charge is 0.317 e. The third-order valence-electron chi connectivity index (χ3n) is 4.05. The number of nitrogens with one attached hydrogen (secondary N) is 1. The van der Waals surface area contributed by atoms with Crippen molar-refractivity contribution in [2.75, 3.05) is 38.3 Å². The number of rotatable bonds is 7. The van der Waals surface area contributed by atoms with Gasteiger partial charge in [-0.3, -0.25) is 0 Å². The molecular weight excluding hydrogens is 396 g/mol. The van der Waals surface area contributed by atoms with E-state index in [1.807, 2.05) is 24.3 Å². The van der Waals surface area contributed by atoms with E-state index in [0.29, 0.717) is 26.1 Å². The summed E-state index contributed by atoms with van der Waals surface area (Å²) in [5.74, 6) is 0.185. The molecule has 1 unspecified atom stereocenters. The lowest BCUT2D eigenvalue weighted by Gasteiger charge is -2.28. The number of nitrogens with zero attached hydrogens (tertiary/aromatic N) is 1. The first-order chi connectivity index (χ1) is 11.4. The number of hydrogen-bond donors (Lipinski definition) is 1. The molecule has 1 atom stereocenters. The molecule has 1 fully saturated rings. The summed E-state index contributed by atoms with van der Waals surface area (Å²) in [4.78, 5) is 14.0. The molecule has 0 spiro atoms. The predicted octanol–water partition coefficient (Wildman–Crippen LogP) is 1.84. The molecule has 6 nitrogen and oxygen atoms in total. The maximum atomic E-state index is 12.4. The summed E-state index contributed by atoms with van der Waals surface area (Å²) in [5, 5.41) is 2.88. The second-order valence-electron chi connectivity index (χ2n) is 5.85. The van der Waals surface area contributed by atoms with Gasteiger partial charge in [0.1, 0.15) is 0 Å². The first kappa shape index (κ1) is 19.2. The molecule has 1 saturated heterocycles. The van der Waals surface area contributed by atoms with Crippen LogP contribution in [-0.2, 0) is 21.0 Å². The van der Waals surface area contributed by atoms with E-state index in [2.05, 4.69) is 21.2 Å². The van der Waals surface area contributed by atoms with Gasteiger partial charge in [0.15, 0.2) is 9.84 Å². The Morgan fingerprint density at radius 1 is 1.38 bits per heavy atom. The largest absolute Gasteiger partial charge is 0.383 e. The number of carbonyl (C=O) groups excluding carboxylic acids is 1. The van der Waals surface area contributed by atoms with Crippen LogP contribution in [0.15, 0.2) is 28.7 Å². The fourth-order valence-electron chi connectivity index (χ4n) is 2.73. The quantitative estimate of drug-likeness (QED) is 0.732. The van der Waals surface area contributed by atoms with Crippen molar-refractivity contribution in [3.63, 3.8) is 0 Å². The number of hydrogen-bond acceptors (Lipinski definition) is 4. The lowest BCUT2D eigenvalue weighted by Crippen LogP contribution is -2.48. The van der Waals surface area contributed by atoms with Crippen LogP contribution in [0.2, 0.25) is 0 Å². The summed E-state index contributed by atoms with van der Waals surface area (Å²) in [7, 11) is -1.47. The van der Waals surface area contributed by atoms with Gasteiger partial charge in [0.2, 0.25) is 0 Å². The minimum Gasteiger partial charge on any atom is -0.383 e. The van der Waals surface area contributed by atoms with Gasteiger partial charge in [0.05, 0.1) is 18.1 Å². The topological polar surface area (TPSA) is 75.7 Å². The summed E-state index contributed by atoms with van der Waals surface area (Å²) in [5.41, 5.74) is 1.13. The molecule has 134 valence electrons. The Morgan fingerprint density at radius 3 is 2.67 bits per heavy atom. The number of amides is 2. The molecule has 1 aliphatic rings. The van der Waals surface area contributed by atoms with E-state index in [0.717, 1.165) is 16.5 Å². The monoisotopic (exact) mass is 418 g/mol. The van der Waals surface area contributed by atoms with E-state index >= 15 is 0 Å². The van der Waals surface area contributed by atoms with Gasteiger partial charge in [0, 0.05) is 30.7 Å². The van der Waals surface area contributed by atoms with Crippen LogP contribution in [0.5, 0.6) is 0 Å². The van der Waals surface area contributed by atoms with Crippen molar-refractivity contribution in [1.82, 2.24) is 10.2 Å². The summed E-state index contributed by atoms with van der Waals surface area (Å²) >= 11 is 3.39. The normalized spacial score (nSPS) is 19.2. The zero-order chi connectivity index (χ0) is 17.6. The zero-order valence-electron chi connectivity index (χ0n) is 13.7. The van der Waals surface area contributed by atoms with Gasteiger partial charge in [-0.05, 0) is 30.5 Å². The fraction of sp³-hybridized carbons (Fsp3) is 0.562. The standard InChI is InChI=1S/C16H23BrN2O4S/c1-23-10-9-19(15-7-11-24(21,22)12-15)16(20)18-8-6-13-2-4-14(17)5-3-13/h2-5,15H,6-12H2,1H3,(H,18,20). The molecule has 1 N–H and O–H groups in total. The Bertz CT molecular complexity index is 649. The predicted molar refractivity (Wildman–Crippen MR) is 96.9 cm³/mol. The van der Waals surface area contributed by atoms with E-state index in [1.54, 1.807) is 12.0 Å². The maximum Gasteiger partial charge on any atom is 0.317 e. The summed E-state index contributed by atoms with van der Waals surface area (Å²) in [6.07, 6.45) is 1.21. The highest BCUT2D eigenvalue weighted by molar-refractivity contribution is 9.10. The number of methoxy groups -OCH3 is 1. The van der Waals surface area contributed by atoms with Crippen LogP contribution < -0.4 is 5.32 Å². The Balaban J connectivity index is 1.88. The number of urea groups is 1. The molecule has 0 aromatic heterocycles. The van der Waals surface area contributed by atoms with E-state index in [1.165, 1.54) is 0 Å². The molecule has 1 aromatic carbocycles. The molecule has 1 aromatic rings. The number of sulfone groups is 1. The molecule has 0 radical (unpaired) electrons. The number of ether oxygens (including phenoxy) is 1. The second kappa shape index (κ2) is 8.82. The SMILES string of the molecule is COCCN(C(=O)NCCc1ccc(Br)cc1)C1CCS(=O)(=O)C1. The van der Waals surface area contributed by atoms with E-state index < -0.39 is 9.84 Å². The highest BCUT2D eigenvalue weighted by atomic mass is 79.9. The van der Waals surface area contributed by atoms with Crippen LogP contribution in [0.25, 0.3) is 0 Å². The van der Waals surface area contributed by atoms with Gasteiger partial charge in [-0.2, -0.15) is 0 Å². The summed E-state index contributed by atoms with van der Waals surface area (Å²) in [6.45, 7) is 1.28. The lowest BCUT2D eigenvalue weighted by atomic mass is 10.1. The molecule has 0 aliphatic carbocycles. The first-order valence-corrected chi connectivity index (χ1v) is 10.5. The molecule has 2 amide bonds. The minimum atomic E-state index is -3.03. The van der Waals surface area contributed by atoms with Gasteiger partial charge in [0.25, 0.3) is 0 Å². The van der Waals surface area contributed by atoms with Gasteiger partial charge < -0.3 is 15.0 Å². The Labute approximate surface area is 151 Å². The van der Waals surface area contributed by atoms with E-state index in [-0.39, 0.29) is 23.6 Å². The molecule has 24 heavy (non-hydrogen) atoms. The van der Waals surface area contributed by atoms with Crippen molar-refractivity contribution < 1.29 is 17.9 Å².